The number of ether oxygens (including phenoxy) is 2. The smallest absolute Gasteiger partial charge is 0.247 e. The van der Waals surface area contributed by atoms with Crippen LogP contribution in [0.4, 0.5) is 5.69 Å². The molecule has 3 aliphatic heterocycles. The molecule has 0 radical (unpaired) electrons. The highest BCUT2D eigenvalue weighted by Gasteiger charge is 2.28. The van der Waals surface area contributed by atoms with Gasteiger partial charge in [-0.3, -0.25) is 14.6 Å². The lowest BCUT2D eigenvalue weighted by atomic mass is 9.92. The van der Waals surface area contributed by atoms with Gasteiger partial charge in [0.2, 0.25) is 5.91 Å². The number of rotatable bonds is 4. The number of nitrogens with zero attached hydrogens (tertiary/aromatic N) is 3. The summed E-state index contributed by atoms with van der Waals surface area (Å²) in [4.78, 5) is 30.1. The van der Waals surface area contributed by atoms with Gasteiger partial charge in [-0.15, -0.1) is 0 Å². The standard InChI is InChI=1S/C24H23N3O4/c28-21(19-7-8-24(29)27(26-19)17-5-2-1-3-6-17)15-20-18-14-23-22(30-11-4-12-31-23)13-16(18)9-10-25-20/h1-3,5-6,13-14H,4,7-12,15H2. The number of para-hydroxylation sites is 1. The molecule has 0 atom stereocenters. The van der Waals surface area contributed by atoms with Gasteiger partial charge >= 0.3 is 0 Å². The Morgan fingerprint density at radius 1 is 1.00 bits per heavy atom. The van der Waals surface area contributed by atoms with Crippen LogP contribution in [0.1, 0.15) is 36.8 Å². The third-order valence-electron chi connectivity index (χ3n) is 5.65. The maximum Gasteiger partial charge on any atom is 0.247 e. The Bertz CT molecular complexity index is 1090. The minimum absolute atomic E-state index is 0.104. The molecule has 0 aromatic heterocycles. The first-order valence-electron chi connectivity index (χ1n) is 10.6. The van der Waals surface area contributed by atoms with E-state index in [0.717, 1.165) is 35.4 Å². The summed E-state index contributed by atoms with van der Waals surface area (Å²) >= 11 is 0. The summed E-state index contributed by atoms with van der Waals surface area (Å²) in [6.45, 7) is 1.88. The third-order valence-corrected chi connectivity index (χ3v) is 5.65. The van der Waals surface area contributed by atoms with Crippen molar-refractivity contribution in [1.29, 1.82) is 0 Å². The van der Waals surface area contributed by atoms with Crippen LogP contribution in [0.25, 0.3) is 0 Å². The van der Waals surface area contributed by atoms with Crippen molar-refractivity contribution in [2.45, 2.75) is 32.1 Å². The van der Waals surface area contributed by atoms with Crippen LogP contribution in [-0.2, 0) is 16.0 Å². The molecule has 5 rings (SSSR count). The lowest BCUT2D eigenvalue weighted by Gasteiger charge is -2.24. The van der Waals surface area contributed by atoms with E-state index in [2.05, 4.69) is 10.1 Å². The Morgan fingerprint density at radius 2 is 1.77 bits per heavy atom. The molecule has 31 heavy (non-hydrogen) atoms. The van der Waals surface area contributed by atoms with Gasteiger partial charge < -0.3 is 9.47 Å². The average molecular weight is 417 g/mol. The fourth-order valence-corrected chi connectivity index (χ4v) is 4.05. The summed E-state index contributed by atoms with van der Waals surface area (Å²) in [5, 5.41) is 5.72. The molecule has 0 N–H and O–H groups in total. The fourth-order valence-electron chi connectivity index (χ4n) is 4.05. The molecule has 7 nitrogen and oxygen atoms in total. The van der Waals surface area contributed by atoms with Gasteiger partial charge in [-0.25, -0.2) is 5.01 Å². The number of hydrogen-bond acceptors (Lipinski definition) is 6. The van der Waals surface area contributed by atoms with Gasteiger partial charge in [0.15, 0.2) is 17.3 Å². The molecule has 3 heterocycles. The quantitative estimate of drug-likeness (QED) is 0.764. The fraction of sp³-hybridized carbons (Fsp3) is 0.333. The number of fused-ring (bicyclic) bond motifs is 2. The highest BCUT2D eigenvalue weighted by molar-refractivity contribution is 6.44. The van der Waals surface area contributed by atoms with E-state index in [1.54, 1.807) is 0 Å². The largest absolute Gasteiger partial charge is 0.490 e. The molecule has 0 spiro atoms. The Hall–Kier alpha value is -3.48. The van der Waals surface area contributed by atoms with Crippen LogP contribution in [0.15, 0.2) is 52.6 Å². The minimum atomic E-state index is -0.108. The molecule has 7 heteroatoms. The summed E-state index contributed by atoms with van der Waals surface area (Å²) in [5.74, 6) is 1.25. The van der Waals surface area contributed by atoms with Crippen molar-refractivity contribution in [3.8, 4) is 11.5 Å². The Kier molecular flexibility index (Phi) is 5.24. The van der Waals surface area contributed by atoms with Crippen LogP contribution in [-0.4, -0.2) is 42.9 Å². The van der Waals surface area contributed by atoms with Crippen molar-refractivity contribution >= 4 is 28.8 Å². The molecule has 158 valence electrons. The summed E-state index contributed by atoms with van der Waals surface area (Å²) in [5.41, 5.74) is 3.88. The number of anilines is 1. The van der Waals surface area contributed by atoms with Crippen molar-refractivity contribution in [2.75, 3.05) is 24.8 Å². The summed E-state index contributed by atoms with van der Waals surface area (Å²) < 4.78 is 11.6. The van der Waals surface area contributed by atoms with E-state index in [0.29, 0.717) is 43.3 Å². The van der Waals surface area contributed by atoms with E-state index in [4.69, 9.17) is 9.47 Å². The highest BCUT2D eigenvalue weighted by Crippen LogP contribution is 2.35. The number of aliphatic imine (C=N–C) groups is 1. The first-order chi connectivity index (χ1) is 15.2. The van der Waals surface area contributed by atoms with Gasteiger partial charge in [0, 0.05) is 31.4 Å². The molecule has 2 aromatic rings. The summed E-state index contributed by atoms with van der Waals surface area (Å²) in [7, 11) is 0. The van der Waals surface area contributed by atoms with E-state index in [1.165, 1.54) is 5.01 Å². The zero-order chi connectivity index (χ0) is 21.2. The first kappa shape index (κ1) is 19.5. The van der Waals surface area contributed by atoms with Crippen LogP contribution >= 0.6 is 0 Å². The zero-order valence-electron chi connectivity index (χ0n) is 17.2. The predicted molar refractivity (Wildman–Crippen MR) is 117 cm³/mol. The van der Waals surface area contributed by atoms with E-state index in [9.17, 15) is 9.59 Å². The van der Waals surface area contributed by atoms with Gasteiger partial charge in [0.05, 0.1) is 31.0 Å². The number of carbonyl (C=O) groups is 2. The SMILES string of the molecule is O=C(CC1=NCCc2cc3c(cc21)OCCCO3)C1=NN(c2ccccc2)C(=O)CC1. The Balaban J connectivity index is 1.39. The van der Waals surface area contributed by atoms with Crippen molar-refractivity contribution in [2.24, 2.45) is 10.1 Å². The van der Waals surface area contributed by atoms with E-state index >= 15 is 0 Å². The predicted octanol–water partition coefficient (Wildman–Crippen LogP) is 3.34. The third kappa shape index (κ3) is 3.95. The second-order valence-corrected chi connectivity index (χ2v) is 7.77. The molecular weight excluding hydrogens is 394 g/mol. The maximum atomic E-state index is 13.1. The number of ketones is 1. The van der Waals surface area contributed by atoms with Gasteiger partial charge in [-0.05, 0) is 36.2 Å². The number of benzene rings is 2. The summed E-state index contributed by atoms with van der Waals surface area (Å²) in [6.07, 6.45) is 2.42. The van der Waals surface area contributed by atoms with Crippen LogP contribution in [0.3, 0.4) is 0 Å². The van der Waals surface area contributed by atoms with E-state index in [1.807, 2.05) is 42.5 Å². The monoisotopic (exact) mass is 417 g/mol. The molecule has 0 saturated heterocycles. The van der Waals surface area contributed by atoms with E-state index < -0.39 is 0 Å². The molecular formula is C24H23N3O4. The Labute approximate surface area is 180 Å². The molecule has 0 saturated carbocycles. The molecule has 1 amide bonds. The minimum Gasteiger partial charge on any atom is -0.490 e. The van der Waals surface area contributed by atoms with Crippen molar-refractivity contribution < 1.29 is 19.1 Å². The molecule has 0 bridgehead atoms. The molecule has 0 unspecified atom stereocenters. The highest BCUT2D eigenvalue weighted by atomic mass is 16.5. The number of amides is 1. The van der Waals surface area contributed by atoms with Crippen molar-refractivity contribution in [1.82, 2.24) is 0 Å². The zero-order valence-corrected chi connectivity index (χ0v) is 17.2. The van der Waals surface area contributed by atoms with Crippen LogP contribution < -0.4 is 14.5 Å². The van der Waals surface area contributed by atoms with Gasteiger partial charge in [-0.2, -0.15) is 5.10 Å². The van der Waals surface area contributed by atoms with Crippen molar-refractivity contribution in [3.05, 3.63) is 53.6 Å². The second kappa shape index (κ2) is 8.34. The topological polar surface area (TPSA) is 80.6 Å². The maximum absolute atomic E-state index is 13.1. The van der Waals surface area contributed by atoms with E-state index in [-0.39, 0.29) is 24.5 Å². The number of Topliss-reactive ketones (excluding diaryl/α,β-unsaturated/α-hetero) is 1. The van der Waals surface area contributed by atoms with Gasteiger partial charge in [0.25, 0.3) is 0 Å². The van der Waals surface area contributed by atoms with Crippen LogP contribution in [0, 0.1) is 0 Å². The van der Waals surface area contributed by atoms with Gasteiger partial charge in [0.1, 0.15) is 5.71 Å². The number of carbonyl (C=O) groups excluding carboxylic acids is 2. The number of hydrogen-bond donors (Lipinski definition) is 0. The lowest BCUT2D eigenvalue weighted by molar-refractivity contribution is -0.118. The molecule has 0 fully saturated rings. The van der Waals surface area contributed by atoms with Crippen LogP contribution in [0.5, 0.6) is 11.5 Å². The first-order valence-corrected chi connectivity index (χ1v) is 10.6. The van der Waals surface area contributed by atoms with Gasteiger partial charge in [-0.1, -0.05) is 18.2 Å². The lowest BCUT2D eigenvalue weighted by Crippen LogP contribution is -2.35. The average Bonchev–Trinajstić information content (AvgIpc) is 3.03. The molecule has 0 aliphatic carbocycles. The van der Waals surface area contributed by atoms with Crippen molar-refractivity contribution in [3.63, 3.8) is 0 Å². The second-order valence-electron chi connectivity index (χ2n) is 7.77. The molecule has 2 aromatic carbocycles. The van der Waals surface area contributed by atoms with Crippen LogP contribution in [0.2, 0.25) is 0 Å². The number of hydrazone groups is 1. The normalized spacial score (nSPS) is 17.9. The molecule has 3 aliphatic rings. The Morgan fingerprint density at radius 3 is 2.58 bits per heavy atom. The summed E-state index contributed by atoms with van der Waals surface area (Å²) in [6, 6.07) is 13.1.